The van der Waals surface area contributed by atoms with Crippen molar-refractivity contribution >= 4 is 70.1 Å². The van der Waals surface area contributed by atoms with Gasteiger partial charge in [-0.2, -0.15) is 0 Å². The number of cyclic esters (lactones) is 1. The van der Waals surface area contributed by atoms with Crippen molar-refractivity contribution < 1.29 is 91.3 Å². The number of alkyl carbamates (subject to hydrolysis) is 1. The van der Waals surface area contributed by atoms with E-state index in [0.29, 0.717) is 86.1 Å². The molecule has 9 amide bonds. The summed E-state index contributed by atoms with van der Waals surface area (Å²) >= 11 is 0. The Bertz CT molecular complexity index is 3780. The Morgan fingerprint density at radius 1 is 0.775 bits per heavy atom. The molecule has 2 aliphatic carbocycles. The van der Waals surface area contributed by atoms with E-state index in [9.17, 15) is 58.2 Å². The molecule has 0 saturated carbocycles. The number of nitrogens with two attached hydrogens (primary N) is 1. The number of hydrogen-bond acceptors (Lipinski definition) is 21. The van der Waals surface area contributed by atoms with Crippen LogP contribution < -0.4 is 53.8 Å². The number of aryl methyl sites for hydroxylation is 2. The summed E-state index contributed by atoms with van der Waals surface area (Å²) in [6.45, 7) is 9.41. The van der Waals surface area contributed by atoms with Gasteiger partial charge in [0.15, 0.2) is 5.60 Å². The van der Waals surface area contributed by atoms with Crippen LogP contribution >= 0.6 is 0 Å². The van der Waals surface area contributed by atoms with E-state index < -0.39 is 109 Å². The molecule has 2 aromatic carbocycles. The third-order valence-electron chi connectivity index (χ3n) is 18.0. The van der Waals surface area contributed by atoms with Gasteiger partial charge in [-0.15, -0.1) is 5.92 Å². The smallest absolute Gasteiger partial charge is 0.408 e. The van der Waals surface area contributed by atoms with Crippen LogP contribution in [0.1, 0.15) is 136 Å². The quantitative estimate of drug-likeness (QED) is 0.0116. The molecule has 6 atom stereocenters. The van der Waals surface area contributed by atoms with Gasteiger partial charge in [0.05, 0.1) is 94.5 Å². The summed E-state index contributed by atoms with van der Waals surface area (Å²) in [6.07, 6.45) is 5.04. The number of aromatic nitrogens is 2. The number of aliphatic hydroxyl groups excluding tert-OH is 1. The number of anilines is 1. The zero-order valence-corrected chi connectivity index (χ0v) is 58.4. The molecule has 102 heavy (non-hydrogen) atoms. The van der Waals surface area contributed by atoms with Gasteiger partial charge in [-0.25, -0.2) is 19.4 Å². The van der Waals surface area contributed by atoms with E-state index in [2.05, 4.69) is 54.4 Å². The Morgan fingerprint density at radius 3 is 2.21 bits per heavy atom. The highest BCUT2D eigenvalue weighted by Crippen LogP contribution is 2.46. The third-order valence-corrected chi connectivity index (χ3v) is 18.0. The molecule has 0 radical (unpaired) electrons. The van der Waals surface area contributed by atoms with Crippen molar-refractivity contribution in [3.8, 4) is 23.2 Å². The molecule has 8 rings (SSSR count). The monoisotopic (exact) mass is 1420 g/mol. The summed E-state index contributed by atoms with van der Waals surface area (Å²) in [4.78, 5) is 135. The Balaban J connectivity index is 0.714. The van der Waals surface area contributed by atoms with Crippen LogP contribution in [-0.2, 0) is 103 Å². The summed E-state index contributed by atoms with van der Waals surface area (Å²) < 4.78 is 45.4. The molecule has 1 unspecified atom stereocenters. The van der Waals surface area contributed by atoms with E-state index in [4.69, 9.17) is 48.6 Å². The minimum absolute atomic E-state index is 0.0155. The standard InChI is InChI=1S/C71H95N11O20/c1-6-71(94)51-34-56-63-49(35-82(56)67(90)50(51)38-101-68(71)91)61-52(21-20-48-44(5)43(4)33-54(78-63)60(48)61)77-59(86)39-99-41-75-64(87)55(36-83)80-70(93)102-37-45-16-18-46(19-17-45)76-65(88)53(15-12-23-74-69(72)92)79-66(89)62(42(2)3)81-57(84)22-25-95-27-29-97-31-32-98-30-28-96-26-24-73-58(85)40-100-47-13-10-8-7-9-11-14-47/h16-19,33-34,42,47,52-53,55,62,83,94H,6-10,12-13,15,20-32,35-41H2,1-5H3,(H,73,85)(H,75,87)(H,76,88)(H,77,86)(H,79,89)(H,80,93)(H,81,84)(H3,72,74,92)/t47?,52-,53-,55-,62-,71-/m0/s1. The van der Waals surface area contributed by atoms with Gasteiger partial charge < -0.3 is 101 Å². The van der Waals surface area contributed by atoms with Crippen LogP contribution in [0, 0.1) is 31.6 Å². The van der Waals surface area contributed by atoms with Crippen molar-refractivity contribution in [3.05, 3.63) is 91.3 Å². The van der Waals surface area contributed by atoms with E-state index in [0.717, 1.165) is 59.7 Å². The lowest BCUT2D eigenvalue weighted by atomic mass is 9.80. The molecule has 4 aliphatic rings. The largest absolute Gasteiger partial charge is 0.458 e. The van der Waals surface area contributed by atoms with Gasteiger partial charge in [-0.1, -0.05) is 45.2 Å². The first kappa shape index (κ1) is 78.6. The maximum atomic E-state index is 14.1. The van der Waals surface area contributed by atoms with Gasteiger partial charge in [0.25, 0.3) is 5.56 Å². The van der Waals surface area contributed by atoms with Gasteiger partial charge in [0, 0.05) is 48.1 Å². The summed E-state index contributed by atoms with van der Waals surface area (Å²) in [6, 6.07) is 4.80. The number of carbonyl (C=O) groups is 9. The second kappa shape index (κ2) is 38.8. The lowest BCUT2D eigenvalue weighted by Crippen LogP contribution is -2.54. The first-order valence-electron chi connectivity index (χ1n) is 34.6. The number of nitrogens with zero attached hydrogens (tertiary/aromatic N) is 2. The molecule has 12 N–H and O–H groups in total. The third kappa shape index (κ3) is 21.7. The molecule has 0 spiro atoms. The Morgan fingerprint density at radius 2 is 1.50 bits per heavy atom. The molecule has 554 valence electrons. The summed E-state index contributed by atoms with van der Waals surface area (Å²) in [5.74, 6) is 1.67. The second-order valence-electron chi connectivity index (χ2n) is 25.5. The molecule has 4 aromatic rings. The number of esters is 1. The van der Waals surface area contributed by atoms with Gasteiger partial charge in [0.1, 0.15) is 57.4 Å². The number of fused-ring (bicyclic) bond motifs is 5. The summed E-state index contributed by atoms with van der Waals surface area (Å²) in [5, 5.41) is 43.6. The average Bonchev–Trinajstić information content (AvgIpc) is 1.51. The molecule has 2 aliphatic heterocycles. The maximum absolute atomic E-state index is 14.1. The van der Waals surface area contributed by atoms with Gasteiger partial charge in [-0.05, 0) is 123 Å². The number of carbonyl (C=O) groups excluding carboxylic acids is 9. The van der Waals surface area contributed by atoms with Crippen LogP contribution in [0.4, 0.5) is 15.3 Å². The fraction of sp³-hybridized carbons (Fsp3) is 0.563. The highest BCUT2D eigenvalue weighted by Gasteiger charge is 2.46. The van der Waals surface area contributed by atoms with Crippen molar-refractivity contribution in [2.45, 2.75) is 161 Å². The topological polar surface area (TPSA) is 425 Å². The average molecular weight is 1420 g/mol. The maximum Gasteiger partial charge on any atom is 0.408 e. The molecule has 0 saturated heterocycles. The molecular formula is C71H95N11O20. The van der Waals surface area contributed by atoms with E-state index in [1.54, 1.807) is 43.5 Å². The first-order chi connectivity index (χ1) is 49.1. The highest BCUT2D eigenvalue weighted by atomic mass is 16.6. The number of pyridine rings is 2. The van der Waals surface area contributed by atoms with Crippen molar-refractivity contribution in [1.82, 2.24) is 46.8 Å². The van der Waals surface area contributed by atoms with Crippen LogP contribution in [0.2, 0.25) is 0 Å². The Hall–Kier alpha value is -9.13. The van der Waals surface area contributed by atoms with Crippen molar-refractivity contribution in [3.63, 3.8) is 0 Å². The highest BCUT2D eigenvalue weighted by molar-refractivity contribution is 5.99. The summed E-state index contributed by atoms with van der Waals surface area (Å²) in [5.41, 5.74) is 10.2. The van der Waals surface area contributed by atoms with Crippen molar-refractivity contribution in [2.24, 2.45) is 11.7 Å². The van der Waals surface area contributed by atoms with E-state index in [-0.39, 0.29) is 102 Å². The lowest BCUT2D eigenvalue weighted by Gasteiger charge is -2.31. The first-order valence-corrected chi connectivity index (χ1v) is 34.6. The van der Waals surface area contributed by atoms with Gasteiger partial charge >= 0.3 is 18.1 Å². The number of nitrogens with one attached hydrogen (secondary N) is 8. The van der Waals surface area contributed by atoms with E-state index in [1.165, 1.54) is 12.1 Å². The Labute approximate surface area is 590 Å². The van der Waals surface area contributed by atoms with Crippen LogP contribution in [0.5, 0.6) is 0 Å². The number of ether oxygens (including phenoxy) is 8. The molecule has 2 aromatic heterocycles. The lowest BCUT2D eigenvalue weighted by molar-refractivity contribution is -0.172. The summed E-state index contributed by atoms with van der Waals surface area (Å²) in [7, 11) is 0. The van der Waals surface area contributed by atoms with Crippen LogP contribution in [-0.4, -0.2) is 190 Å². The zero-order chi connectivity index (χ0) is 73.3. The number of benzene rings is 2. The number of amides is 9. The van der Waals surface area contributed by atoms with Crippen LogP contribution in [0.15, 0.2) is 41.2 Å². The van der Waals surface area contributed by atoms with E-state index >= 15 is 0 Å². The van der Waals surface area contributed by atoms with E-state index in [1.807, 2.05) is 19.9 Å². The van der Waals surface area contributed by atoms with Crippen LogP contribution in [0.3, 0.4) is 0 Å². The molecule has 0 fully saturated rings. The van der Waals surface area contributed by atoms with Crippen molar-refractivity contribution in [2.75, 3.05) is 97.8 Å². The van der Waals surface area contributed by atoms with Gasteiger partial charge in [0.2, 0.25) is 35.4 Å². The minimum Gasteiger partial charge on any atom is -0.458 e. The van der Waals surface area contributed by atoms with Crippen molar-refractivity contribution in [1.29, 1.82) is 0 Å². The number of rotatable bonds is 39. The SMILES string of the molecule is CC[C@@]1(O)C(=O)OCc2c1cc1n(c2=O)Cc2c-1nc1cc(C)c(C)c3c1c2[C@@H](NC(=O)COCNC(=O)[C@H](CO)NC(=O)OCc1ccc(NC(=O)[C@H](CCCNC(N)=O)NC(=O)[C@@H](NC(=O)CCOCCOCCOCCOCCNC(=O)COC2C#CCCCCC2)C(C)C)cc1)CC3. The predicted molar refractivity (Wildman–Crippen MR) is 368 cm³/mol. The fourth-order valence-corrected chi connectivity index (χ4v) is 12.3. The molecule has 31 nitrogen and oxygen atoms in total. The fourth-order valence-electron chi connectivity index (χ4n) is 12.3. The zero-order valence-electron chi connectivity index (χ0n) is 58.4. The Kier molecular flexibility index (Phi) is 29.9. The van der Waals surface area contributed by atoms with Gasteiger partial charge in [-0.3, -0.25) is 33.6 Å². The predicted octanol–water partition coefficient (Wildman–Crippen LogP) is 2.12. The number of aliphatic hydroxyl groups is 2. The number of hydrogen-bond donors (Lipinski definition) is 11. The number of urea groups is 1. The minimum atomic E-state index is -2.01. The second-order valence-corrected chi connectivity index (χ2v) is 25.5. The van der Waals surface area contributed by atoms with Crippen LogP contribution in [0.25, 0.3) is 22.3 Å². The molecule has 31 heteroatoms. The molecule has 4 heterocycles. The normalized spacial score (nSPS) is 17.3. The molecule has 0 bridgehead atoms. The number of primary amides is 1. The molecular weight excluding hydrogens is 1330 g/mol.